The SMILES string of the molecule is O=C1CN(C(=O)c2ccc(F)cc2F)C(C(=O)O)CN1. The first-order valence-corrected chi connectivity index (χ1v) is 5.65. The zero-order valence-corrected chi connectivity index (χ0v) is 10.1. The third-order valence-corrected chi connectivity index (χ3v) is 2.89. The summed E-state index contributed by atoms with van der Waals surface area (Å²) in [5, 5.41) is 11.3. The average molecular weight is 284 g/mol. The molecular formula is C12H10F2N2O4. The van der Waals surface area contributed by atoms with Gasteiger partial charge >= 0.3 is 5.97 Å². The summed E-state index contributed by atoms with van der Waals surface area (Å²) in [7, 11) is 0. The van der Waals surface area contributed by atoms with Gasteiger partial charge in [0.05, 0.1) is 5.56 Å². The van der Waals surface area contributed by atoms with E-state index in [9.17, 15) is 23.2 Å². The summed E-state index contributed by atoms with van der Waals surface area (Å²) in [6.07, 6.45) is 0. The second kappa shape index (κ2) is 5.24. The molecule has 1 unspecified atom stereocenters. The van der Waals surface area contributed by atoms with Gasteiger partial charge in [-0.3, -0.25) is 9.59 Å². The number of hydrogen-bond donors (Lipinski definition) is 2. The van der Waals surface area contributed by atoms with E-state index in [1.807, 2.05) is 0 Å². The van der Waals surface area contributed by atoms with Crippen LogP contribution in [0.2, 0.25) is 0 Å². The second-order valence-corrected chi connectivity index (χ2v) is 4.22. The first-order valence-electron chi connectivity index (χ1n) is 5.65. The molecule has 1 aliphatic heterocycles. The van der Waals surface area contributed by atoms with Crippen molar-refractivity contribution in [2.24, 2.45) is 0 Å². The number of carboxylic acid groups (broad SMARTS) is 1. The highest BCUT2D eigenvalue weighted by atomic mass is 19.1. The molecule has 0 saturated carbocycles. The lowest BCUT2D eigenvalue weighted by molar-refractivity contribution is -0.144. The van der Waals surface area contributed by atoms with Crippen LogP contribution in [0.15, 0.2) is 18.2 Å². The lowest BCUT2D eigenvalue weighted by Crippen LogP contribution is -2.59. The Morgan fingerprint density at radius 2 is 2.05 bits per heavy atom. The predicted molar refractivity (Wildman–Crippen MR) is 61.8 cm³/mol. The van der Waals surface area contributed by atoms with Gasteiger partial charge in [0.2, 0.25) is 5.91 Å². The van der Waals surface area contributed by atoms with E-state index in [-0.39, 0.29) is 6.54 Å². The van der Waals surface area contributed by atoms with Crippen LogP contribution in [0.1, 0.15) is 10.4 Å². The number of carbonyl (C=O) groups excluding carboxylic acids is 2. The Bertz CT molecular complexity index is 591. The Hall–Kier alpha value is -2.51. The number of halogens is 2. The topological polar surface area (TPSA) is 86.7 Å². The molecule has 0 bridgehead atoms. The maximum absolute atomic E-state index is 13.5. The summed E-state index contributed by atoms with van der Waals surface area (Å²) in [6.45, 7) is -0.755. The first-order chi connectivity index (χ1) is 9.40. The number of nitrogens with zero attached hydrogens (tertiary/aromatic N) is 1. The summed E-state index contributed by atoms with van der Waals surface area (Å²) >= 11 is 0. The number of piperazine rings is 1. The van der Waals surface area contributed by atoms with Gasteiger partial charge in [-0.15, -0.1) is 0 Å². The van der Waals surface area contributed by atoms with Crippen molar-refractivity contribution >= 4 is 17.8 Å². The van der Waals surface area contributed by atoms with Gasteiger partial charge in [-0.05, 0) is 12.1 Å². The summed E-state index contributed by atoms with van der Waals surface area (Å²) in [5.41, 5.74) is -0.479. The fourth-order valence-electron chi connectivity index (χ4n) is 1.89. The maximum Gasteiger partial charge on any atom is 0.328 e. The van der Waals surface area contributed by atoms with Crippen LogP contribution in [0.5, 0.6) is 0 Å². The number of hydrogen-bond acceptors (Lipinski definition) is 3. The molecule has 8 heteroatoms. The van der Waals surface area contributed by atoms with Crippen molar-refractivity contribution in [3.63, 3.8) is 0 Å². The van der Waals surface area contributed by atoms with Crippen LogP contribution in [-0.2, 0) is 9.59 Å². The number of carbonyl (C=O) groups is 3. The molecule has 6 nitrogen and oxygen atoms in total. The summed E-state index contributed by atoms with van der Waals surface area (Å²) in [5.74, 6) is -4.79. The minimum atomic E-state index is -1.32. The van der Waals surface area contributed by atoms with E-state index in [1.54, 1.807) is 0 Å². The Morgan fingerprint density at radius 3 is 2.65 bits per heavy atom. The molecule has 1 aliphatic rings. The van der Waals surface area contributed by atoms with Crippen molar-refractivity contribution < 1.29 is 28.3 Å². The maximum atomic E-state index is 13.5. The Morgan fingerprint density at radius 1 is 1.35 bits per heavy atom. The predicted octanol–water partition coefficient (Wildman–Crippen LogP) is -0.01000. The van der Waals surface area contributed by atoms with Gasteiger partial charge in [0, 0.05) is 12.6 Å². The van der Waals surface area contributed by atoms with E-state index < -0.39 is 47.6 Å². The molecule has 0 radical (unpaired) electrons. The summed E-state index contributed by atoms with van der Waals surface area (Å²) in [4.78, 5) is 35.2. The summed E-state index contributed by atoms with van der Waals surface area (Å²) in [6, 6.07) is 1.03. The second-order valence-electron chi connectivity index (χ2n) is 4.22. The number of nitrogens with one attached hydrogen (secondary N) is 1. The number of rotatable bonds is 2. The molecule has 20 heavy (non-hydrogen) atoms. The standard InChI is InChI=1S/C12H10F2N2O4/c13-6-1-2-7(8(14)3-6)11(18)16-5-10(17)15-4-9(16)12(19)20/h1-3,9H,4-5H2,(H,15,17)(H,19,20). The largest absolute Gasteiger partial charge is 0.480 e. The smallest absolute Gasteiger partial charge is 0.328 e. The fraction of sp³-hybridized carbons (Fsp3) is 0.250. The minimum absolute atomic E-state index is 0.261. The highest BCUT2D eigenvalue weighted by molar-refractivity contribution is 6.00. The molecular weight excluding hydrogens is 274 g/mol. The zero-order valence-electron chi connectivity index (χ0n) is 10.1. The third-order valence-electron chi connectivity index (χ3n) is 2.89. The van der Waals surface area contributed by atoms with Crippen molar-refractivity contribution in [2.75, 3.05) is 13.1 Å². The molecule has 1 saturated heterocycles. The van der Waals surface area contributed by atoms with Crippen molar-refractivity contribution in [3.8, 4) is 0 Å². The zero-order chi connectivity index (χ0) is 14.9. The highest BCUT2D eigenvalue weighted by Crippen LogP contribution is 2.15. The van der Waals surface area contributed by atoms with Gasteiger partial charge in [-0.25, -0.2) is 13.6 Å². The Balaban J connectivity index is 2.33. The van der Waals surface area contributed by atoms with Gasteiger partial charge in [-0.2, -0.15) is 0 Å². The van der Waals surface area contributed by atoms with Crippen molar-refractivity contribution in [2.45, 2.75) is 6.04 Å². The van der Waals surface area contributed by atoms with Gasteiger partial charge in [-0.1, -0.05) is 0 Å². The van der Waals surface area contributed by atoms with E-state index in [1.165, 1.54) is 0 Å². The van der Waals surface area contributed by atoms with E-state index in [2.05, 4.69) is 5.32 Å². The summed E-state index contributed by atoms with van der Waals surface area (Å²) < 4.78 is 26.3. The quantitative estimate of drug-likeness (QED) is 0.799. The van der Waals surface area contributed by atoms with E-state index in [0.29, 0.717) is 6.07 Å². The number of amides is 2. The van der Waals surface area contributed by atoms with Gasteiger partial charge in [0.1, 0.15) is 24.2 Å². The van der Waals surface area contributed by atoms with Crippen LogP contribution in [0.4, 0.5) is 8.78 Å². The van der Waals surface area contributed by atoms with E-state index in [0.717, 1.165) is 17.0 Å². The van der Waals surface area contributed by atoms with Crippen LogP contribution >= 0.6 is 0 Å². The minimum Gasteiger partial charge on any atom is -0.480 e. The monoisotopic (exact) mass is 284 g/mol. The number of aliphatic carboxylic acids is 1. The molecule has 2 amide bonds. The molecule has 1 fully saturated rings. The van der Waals surface area contributed by atoms with Crippen molar-refractivity contribution in [3.05, 3.63) is 35.4 Å². The first kappa shape index (κ1) is 13.9. The van der Waals surface area contributed by atoms with Crippen LogP contribution in [-0.4, -0.2) is 46.9 Å². The van der Waals surface area contributed by atoms with Gasteiger partial charge in [0.15, 0.2) is 0 Å². The molecule has 1 atom stereocenters. The molecule has 2 N–H and O–H groups in total. The molecule has 1 aromatic rings. The van der Waals surface area contributed by atoms with E-state index >= 15 is 0 Å². The molecule has 0 aliphatic carbocycles. The van der Waals surface area contributed by atoms with Crippen LogP contribution in [0, 0.1) is 11.6 Å². The van der Waals surface area contributed by atoms with Crippen molar-refractivity contribution in [1.29, 1.82) is 0 Å². The van der Waals surface area contributed by atoms with Gasteiger partial charge < -0.3 is 15.3 Å². The number of carboxylic acids is 1. The van der Waals surface area contributed by atoms with E-state index in [4.69, 9.17) is 5.11 Å². The lowest BCUT2D eigenvalue weighted by Gasteiger charge is -2.32. The van der Waals surface area contributed by atoms with Gasteiger partial charge in [0.25, 0.3) is 5.91 Å². The van der Waals surface area contributed by atoms with Crippen LogP contribution < -0.4 is 5.32 Å². The normalized spacial score (nSPS) is 18.6. The Labute approximate surface area is 112 Å². The third kappa shape index (κ3) is 2.58. The molecule has 1 aromatic carbocycles. The number of benzene rings is 1. The molecule has 2 rings (SSSR count). The van der Waals surface area contributed by atoms with Crippen molar-refractivity contribution in [1.82, 2.24) is 10.2 Å². The highest BCUT2D eigenvalue weighted by Gasteiger charge is 2.36. The molecule has 0 spiro atoms. The lowest BCUT2D eigenvalue weighted by atomic mass is 10.1. The van der Waals surface area contributed by atoms with Crippen LogP contribution in [0.25, 0.3) is 0 Å². The fourth-order valence-corrected chi connectivity index (χ4v) is 1.89. The molecule has 0 aromatic heterocycles. The molecule has 106 valence electrons. The van der Waals surface area contributed by atoms with Crippen LogP contribution in [0.3, 0.4) is 0 Å². The average Bonchev–Trinajstić information content (AvgIpc) is 2.37. The Kier molecular flexibility index (Phi) is 3.64. The molecule has 1 heterocycles.